The molecule has 0 saturated carbocycles. The van der Waals surface area contributed by atoms with Gasteiger partial charge in [-0.2, -0.15) is 0 Å². The summed E-state index contributed by atoms with van der Waals surface area (Å²) in [6, 6.07) is 10.1. The summed E-state index contributed by atoms with van der Waals surface area (Å²) < 4.78 is 21.0. The molecule has 0 aliphatic carbocycles. The van der Waals surface area contributed by atoms with Gasteiger partial charge in [-0.1, -0.05) is 12.1 Å². The van der Waals surface area contributed by atoms with Crippen molar-refractivity contribution < 1.29 is 33.3 Å². The van der Waals surface area contributed by atoms with Gasteiger partial charge in [0.1, 0.15) is 12.1 Å². The smallest absolute Gasteiger partial charge is 0.408 e. The summed E-state index contributed by atoms with van der Waals surface area (Å²) in [7, 11) is 4.43. The van der Waals surface area contributed by atoms with Crippen LogP contribution in [0.3, 0.4) is 0 Å². The van der Waals surface area contributed by atoms with E-state index in [0.29, 0.717) is 28.5 Å². The Balaban J connectivity index is 1.97. The third-order valence-corrected chi connectivity index (χ3v) is 4.39. The maximum absolute atomic E-state index is 12.8. The highest BCUT2D eigenvalue weighted by atomic mass is 16.6. The number of hydrogen-bond donors (Lipinski definition) is 3. The third kappa shape index (κ3) is 7.88. The van der Waals surface area contributed by atoms with Crippen molar-refractivity contribution in [2.24, 2.45) is 0 Å². The molecule has 0 unspecified atom stereocenters. The number of ether oxygens (including phenoxy) is 4. The molecule has 0 aromatic heterocycles. The molecule has 0 atom stereocenters. The normalized spacial score (nSPS) is 10.6. The molecule has 2 aromatic carbocycles. The fourth-order valence-corrected chi connectivity index (χ4v) is 2.90. The number of hydrogen-bond acceptors (Lipinski definition) is 7. The Morgan fingerprint density at radius 1 is 0.882 bits per heavy atom. The summed E-state index contributed by atoms with van der Waals surface area (Å²) >= 11 is 0. The zero-order valence-corrected chi connectivity index (χ0v) is 20.2. The first-order valence-corrected chi connectivity index (χ1v) is 10.5. The van der Waals surface area contributed by atoms with Crippen molar-refractivity contribution in [1.82, 2.24) is 10.6 Å². The molecule has 0 aliphatic heterocycles. The maximum Gasteiger partial charge on any atom is 0.408 e. The lowest BCUT2D eigenvalue weighted by molar-refractivity contribution is -0.120. The molecule has 10 heteroatoms. The van der Waals surface area contributed by atoms with Gasteiger partial charge in [0, 0.05) is 17.8 Å². The number of carbonyl (C=O) groups is 3. The maximum atomic E-state index is 12.8. The average Bonchev–Trinajstić information content (AvgIpc) is 2.79. The van der Waals surface area contributed by atoms with E-state index in [1.165, 1.54) is 21.3 Å². The van der Waals surface area contributed by atoms with E-state index >= 15 is 0 Å². The lowest BCUT2D eigenvalue weighted by atomic mass is 10.1. The number of methoxy groups -OCH3 is 3. The summed E-state index contributed by atoms with van der Waals surface area (Å²) in [5.74, 6) is 0.368. The Labute approximate surface area is 198 Å². The van der Waals surface area contributed by atoms with Crippen molar-refractivity contribution in [3.63, 3.8) is 0 Å². The van der Waals surface area contributed by atoms with Crippen molar-refractivity contribution in [2.75, 3.05) is 33.2 Å². The molecular formula is C24H31N3O7. The fourth-order valence-electron chi connectivity index (χ4n) is 2.90. The standard InChI is InChI=1S/C24H31N3O7/c1-24(2,3)34-23(30)26-14-20(28)25-13-15-8-7-9-17(10-15)27-22(29)16-11-18(31-4)21(33-6)19(12-16)32-5/h7-12H,13-14H2,1-6H3,(H,25,28)(H,26,30)(H,27,29). The number of rotatable bonds is 9. The van der Waals surface area contributed by atoms with Crippen LogP contribution in [-0.2, 0) is 16.1 Å². The molecule has 2 rings (SSSR count). The largest absolute Gasteiger partial charge is 0.493 e. The molecule has 0 radical (unpaired) electrons. The van der Waals surface area contributed by atoms with Gasteiger partial charge in [0.15, 0.2) is 11.5 Å². The predicted molar refractivity (Wildman–Crippen MR) is 127 cm³/mol. The third-order valence-electron chi connectivity index (χ3n) is 4.39. The second-order valence-corrected chi connectivity index (χ2v) is 8.20. The van der Waals surface area contributed by atoms with E-state index in [-0.39, 0.29) is 24.9 Å². The number of anilines is 1. The molecule has 0 aliphatic rings. The Morgan fingerprint density at radius 2 is 1.53 bits per heavy atom. The van der Waals surface area contributed by atoms with Crippen molar-refractivity contribution in [3.8, 4) is 17.2 Å². The highest BCUT2D eigenvalue weighted by Gasteiger charge is 2.18. The lowest BCUT2D eigenvalue weighted by Gasteiger charge is -2.19. The van der Waals surface area contributed by atoms with Gasteiger partial charge >= 0.3 is 6.09 Å². The molecule has 3 amide bonds. The molecule has 2 aromatic rings. The molecule has 0 saturated heterocycles. The van der Waals surface area contributed by atoms with Crippen LogP contribution >= 0.6 is 0 Å². The van der Waals surface area contributed by atoms with Crippen LogP contribution < -0.4 is 30.2 Å². The minimum Gasteiger partial charge on any atom is -0.493 e. The van der Waals surface area contributed by atoms with Crippen molar-refractivity contribution in [3.05, 3.63) is 47.5 Å². The highest BCUT2D eigenvalue weighted by molar-refractivity contribution is 6.05. The van der Waals surface area contributed by atoms with Crippen LogP contribution in [0.5, 0.6) is 17.2 Å². The van der Waals surface area contributed by atoms with Gasteiger partial charge in [-0.3, -0.25) is 9.59 Å². The number of alkyl carbamates (subject to hydrolysis) is 1. The van der Waals surface area contributed by atoms with Crippen LogP contribution in [-0.4, -0.2) is 51.4 Å². The molecule has 34 heavy (non-hydrogen) atoms. The van der Waals surface area contributed by atoms with E-state index in [2.05, 4.69) is 16.0 Å². The Bertz CT molecular complexity index is 1010. The van der Waals surface area contributed by atoms with Crippen molar-refractivity contribution in [2.45, 2.75) is 32.9 Å². The van der Waals surface area contributed by atoms with Gasteiger partial charge in [0.2, 0.25) is 11.7 Å². The van der Waals surface area contributed by atoms with Gasteiger partial charge < -0.3 is 34.9 Å². The molecule has 0 heterocycles. The Morgan fingerprint density at radius 3 is 2.09 bits per heavy atom. The summed E-state index contributed by atoms with van der Waals surface area (Å²) in [6.07, 6.45) is -0.667. The second kappa shape index (κ2) is 11.8. The Hall–Kier alpha value is -3.95. The molecular weight excluding hydrogens is 442 g/mol. The van der Waals surface area contributed by atoms with Gasteiger partial charge in [0.05, 0.1) is 21.3 Å². The van der Waals surface area contributed by atoms with Crippen LogP contribution in [0.1, 0.15) is 36.7 Å². The van der Waals surface area contributed by atoms with Crippen molar-refractivity contribution in [1.29, 1.82) is 0 Å². The van der Waals surface area contributed by atoms with Crippen LogP contribution in [0.15, 0.2) is 36.4 Å². The number of benzene rings is 2. The van der Waals surface area contributed by atoms with E-state index < -0.39 is 11.7 Å². The Kier molecular flexibility index (Phi) is 9.11. The predicted octanol–water partition coefficient (Wildman–Crippen LogP) is 3.11. The van der Waals surface area contributed by atoms with E-state index in [4.69, 9.17) is 18.9 Å². The topological polar surface area (TPSA) is 124 Å². The van der Waals surface area contributed by atoms with E-state index in [1.807, 2.05) is 0 Å². The number of amides is 3. The van der Waals surface area contributed by atoms with Gasteiger partial charge in [-0.05, 0) is 50.6 Å². The van der Waals surface area contributed by atoms with Crippen LogP contribution in [0, 0.1) is 0 Å². The highest BCUT2D eigenvalue weighted by Crippen LogP contribution is 2.38. The molecule has 184 valence electrons. The first kappa shape index (κ1) is 26.3. The van der Waals surface area contributed by atoms with Crippen LogP contribution in [0.25, 0.3) is 0 Å². The second-order valence-electron chi connectivity index (χ2n) is 8.20. The first-order valence-electron chi connectivity index (χ1n) is 10.5. The van der Waals surface area contributed by atoms with Gasteiger partial charge in [0.25, 0.3) is 5.91 Å². The number of carbonyl (C=O) groups excluding carboxylic acids is 3. The molecule has 3 N–H and O–H groups in total. The average molecular weight is 474 g/mol. The first-order chi connectivity index (χ1) is 16.1. The monoisotopic (exact) mass is 473 g/mol. The van der Waals surface area contributed by atoms with E-state index in [1.54, 1.807) is 57.2 Å². The fraction of sp³-hybridized carbons (Fsp3) is 0.375. The summed E-state index contributed by atoms with van der Waals surface area (Å²) in [4.78, 5) is 36.5. The van der Waals surface area contributed by atoms with E-state index in [9.17, 15) is 14.4 Å². The zero-order valence-electron chi connectivity index (χ0n) is 20.2. The summed E-state index contributed by atoms with van der Waals surface area (Å²) in [6.45, 7) is 5.20. The minimum absolute atomic E-state index is 0.211. The summed E-state index contributed by atoms with van der Waals surface area (Å²) in [5.41, 5.74) is 0.972. The molecule has 0 fully saturated rings. The van der Waals surface area contributed by atoms with Gasteiger partial charge in [-0.25, -0.2) is 4.79 Å². The molecule has 0 bridgehead atoms. The SMILES string of the molecule is COc1cc(C(=O)Nc2cccc(CNC(=O)CNC(=O)OC(C)(C)C)c2)cc(OC)c1OC. The van der Waals surface area contributed by atoms with Gasteiger partial charge in [-0.15, -0.1) is 0 Å². The van der Waals surface area contributed by atoms with Crippen LogP contribution in [0.4, 0.5) is 10.5 Å². The number of nitrogens with one attached hydrogen (secondary N) is 3. The zero-order chi connectivity index (χ0) is 25.3. The quantitative estimate of drug-likeness (QED) is 0.511. The minimum atomic E-state index is -0.667. The lowest BCUT2D eigenvalue weighted by Crippen LogP contribution is -2.39. The van der Waals surface area contributed by atoms with Crippen molar-refractivity contribution >= 4 is 23.6 Å². The van der Waals surface area contributed by atoms with Crippen LogP contribution in [0.2, 0.25) is 0 Å². The summed E-state index contributed by atoms with van der Waals surface area (Å²) in [5, 5.41) is 7.91. The molecule has 10 nitrogen and oxygen atoms in total. The molecule has 0 spiro atoms. The van der Waals surface area contributed by atoms with E-state index in [0.717, 1.165) is 5.56 Å².